The molecule has 0 spiro atoms. The van der Waals surface area contributed by atoms with Crippen LogP contribution in [0.15, 0.2) is 24.3 Å². The van der Waals surface area contributed by atoms with Gasteiger partial charge in [-0.3, -0.25) is 4.90 Å². The third-order valence-electron chi connectivity index (χ3n) is 4.39. The molecular weight excluding hydrogens is 314 g/mol. The number of amides is 1. The van der Waals surface area contributed by atoms with Gasteiger partial charge in [0.1, 0.15) is 5.60 Å². The Kier molecular flexibility index (Phi) is 5.74. The van der Waals surface area contributed by atoms with E-state index >= 15 is 0 Å². The molecule has 5 nitrogen and oxygen atoms in total. The van der Waals surface area contributed by atoms with Crippen molar-refractivity contribution in [2.75, 3.05) is 26.2 Å². The standard InChI is InChI=1S/C20H29N3O2/c1-19(2,3)25-18(24)23-12-10-22(11-13-23)14-16-6-8-17(9-7-16)20(4,5)15-21/h6-9H,10-14H2,1-5H3. The average molecular weight is 343 g/mol. The number of rotatable bonds is 3. The predicted octanol–water partition coefficient (Wildman–Crippen LogP) is 3.54. The van der Waals surface area contributed by atoms with Crippen molar-refractivity contribution in [2.24, 2.45) is 0 Å². The quantitative estimate of drug-likeness (QED) is 0.842. The summed E-state index contributed by atoms with van der Waals surface area (Å²) in [5, 5.41) is 9.22. The molecule has 0 aliphatic carbocycles. The molecule has 1 amide bonds. The topological polar surface area (TPSA) is 56.6 Å². The highest BCUT2D eigenvalue weighted by Crippen LogP contribution is 2.23. The van der Waals surface area contributed by atoms with E-state index in [4.69, 9.17) is 4.74 Å². The highest BCUT2D eigenvalue weighted by atomic mass is 16.6. The zero-order chi connectivity index (χ0) is 18.7. The van der Waals surface area contributed by atoms with Crippen molar-refractivity contribution in [3.63, 3.8) is 0 Å². The summed E-state index contributed by atoms with van der Waals surface area (Å²) >= 11 is 0. The minimum atomic E-state index is -0.461. The lowest BCUT2D eigenvalue weighted by Crippen LogP contribution is -2.49. The maximum atomic E-state index is 12.1. The molecule has 0 radical (unpaired) electrons. The smallest absolute Gasteiger partial charge is 0.410 e. The fourth-order valence-electron chi connectivity index (χ4n) is 2.76. The van der Waals surface area contributed by atoms with Gasteiger partial charge in [-0.15, -0.1) is 0 Å². The normalized spacial score (nSPS) is 16.4. The van der Waals surface area contributed by atoms with Gasteiger partial charge in [-0.25, -0.2) is 4.79 Å². The fraction of sp³-hybridized carbons (Fsp3) is 0.600. The van der Waals surface area contributed by atoms with Gasteiger partial charge in [-0.2, -0.15) is 5.26 Å². The van der Waals surface area contributed by atoms with Crippen LogP contribution in [0.3, 0.4) is 0 Å². The van der Waals surface area contributed by atoms with E-state index in [1.807, 2.05) is 46.8 Å². The SMILES string of the molecule is CC(C)(C)OC(=O)N1CCN(Cc2ccc(C(C)(C)C#N)cc2)CC1. The van der Waals surface area contributed by atoms with Crippen LogP contribution in [0, 0.1) is 11.3 Å². The molecule has 25 heavy (non-hydrogen) atoms. The van der Waals surface area contributed by atoms with Crippen molar-refractivity contribution < 1.29 is 9.53 Å². The molecule has 0 unspecified atom stereocenters. The van der Waals surface area contributed by atoms with Gasteiger partial charge in [0.15, 0.2) is 0 Å². The van der Waals surface area contributed by atoms with Crippen molar-refractivity contribution in [3.8, 4) is 6.07 Å². The van der Waals surface area contributed by atoms with Gasteiger partial charge in [-0.1, -0.05) is 24.3 Å². The number of piperazine rings is 1. The Labute approximate surface area is 151 Å². The first kappa shape index (κ1) is 19.3. The van der Waals surface area contributed by atoms with E-state index in [1.165, 1.54) is 5.56 Å². The number of carbonyl (C=O) groups is 1. The van der Waals surface area contributed by atoms with Crippen LogP contribution in [0.5, 0.6) is 0 Å². The molecule has 1 aromatic rings. The molecule has 1 aromatic carbocycles. The Hall–Kier alpha value is -2.06. The first-order chi connectivity index (χ1) is 11.6. The predicted molar refractivity (Wildman–Crippen MR) is 98.2 cm³/mol. The minimum Gasteiger partial charge on any atom is -0.444 e. The lowest BCUT2D eigenvalue weighted by atomic mass is 9.86. The highest BCUT2D eigenvalue weighted by molar-refractivity contribution is 5.68. The number of hydrogen-bond donors (Lipinski definition) is 0. The Morgan fingerprint density at radius 2 is 1.64 bits per heavy atom. The van der Waals surface area contributed by atoms with E-state index in [0.29, 0.717) is 13.1 Å². The molecule has 5 heteroatoms. The Morgan fingerprint density at radius 3 is 2.12 bits per heavy atom. The van der Waals surface area contributed by atoms with E-state index < -0.39 is 11.0 Å². The summed E-state index contributed by atoms with van der Waals surface area (Å²) in [5.74, 6) is 0. The first-order valence-corrected chi connectivity index (χ1v) is 8.82. The second kappa shape index (κ2) is 7.45. The summed E-state index contributed by atoms with van der Waals surface area (Å²) < 4.78 is 5.43. The molecule has 0 atom stereocenters. The molecule has 0 N–H and O–H groups in total. The maximum absolute atomic E-state index is 12.1. The van der Waals surface area contributed by atoms with Crippen molar-refractivity contribution in [1.29, 1.82) is 5.26 Å². The Balaban J connectivity index is 1.86. The Morgan fingerprint density at radius 1 is 1.08 bits per heavy atom. The zero-order valence-electron chi connectivity index (χ0n) is 16.0. The molecule has 1 fully saturated rings. The second-order valence-electron chi connectivity index (χ2n) is 8.18. The number of nitrogens with zero attached hydrogens (tertiary/aromatic N) is 3. The van der Waals surface area contributed by atoms with E-state index in [-0.39, 0.29) is 6.09 Å². The van der Waals surface area contributed by atoms with Crippen molar-refractivity contribution in [1.82, 2.24) is 9.80 Å². The lowest BCUT2D eigenvalue weighted by molar-refractivity contribution is 0.0139. The average Bonchev–Trinajstić information content (AvgIpc) is 2.54. The molecule has 2 rings (SSSR count). The maximum Gasteiger partial charge on any atom is 0.410 e. The monoisotopic (exact) mass is 343 g/mol. The van der Waals surface area contributed by atoms with Crippen LogP contribution >= 0.6 is 0 Å². The van der Waals surface area contributed by atoms with E-state index in [2.05, 4.69) is 23.1 Å². The third kappa shape index (κ3) is 5.47. The summed E-state index contributed by atoms with van der Waals surface area (Å²) in [4.78, 5) is 16.2. The minimum absolute atomic E-state index is 0.227. The van der Waals surface area contributed by atoms with Gasteiger partial charge in [0.25, 0.3) is 0 Å². The van der Waals surface area contributed by atoms with Gasteiger partial charge in [0.2, 0.25) is 0 Å². The van der Waals surface area contributed by atoms with Gasteiger partial charge in [-0.05, 0) is 45.7 Å². The molecule has 0 bridgehead atoms. The van der Waals surface area contributed by atoms with E-state index in [1.54, 1.807) is 4.90 Å². The molecule has 1 saturated heterocycles. The summed E-state index contributed by atoms with van der Waals surface area (Å²) in [6.07, 6.45) is -0.227. The van der Waals surface area contributed by atoms with Crippen LogP contribution in [0.2, 0.25) is 0 Å². The van der Waals surface area contributed by atoms with Crippen molar-refractivity contribution in [3.05, 3.63) is 35.4 Å². The zero-order valence-corrected chi connectivity index (χ0v) is 16.0. The van der Waals surface area contributed by atoms with Crippen molar-refractivity contribution in [2.45, 2.75) is 52.2 Å². The van der Waals surface area contributed by atoms with Gasteiger partial charge in [0.05, 0.1) is 11.5 Å². The molecule has 1 aliphatic rings. The molecule has 0 saturated carbocycles. The van der Waals surface area contributed by atoms with Crippen LogP contribution < -0.4 is 0 Å². The summed E-state index contributed by atoms with van der Waals surface area (Å²) in [6.45, 7) is 13.4. The first-order valence-electron chi connectivity index (χ1n) is 8.82. The van der Waals surface area contributed by atoms with Crippen LogP contribution in [-0.2, 0) is 16.7 Å². The highest BCUT2D eigenvalue weighted by Gasteiger charge is 2.26. The summed E-state index contributed by atoms with van der Waals surface area (Å²) in [5.41, 5.74) is 1.35. The number of nitriles is 1. The largest absolute Gasteiger partial charge is 0.444 e. The van der Waals surface area contributed by atoms with Crippen molar-refractivity contribution >= 4 is 6.09 Å². The molecular formula is C20H29N3O2. The summed E-state index contributed by atoms with van der Waals surface area (Å²) in [7, 11) is 0. The number of hydrogen-bond acceptors (Lipinski definition) is 4. The number of ether oxygens (including phenoxy) is 1. The summed E-state index contributed by atoms with van der Waals surface area (Å²) in [6, 6.07) is 10.6. The molecule has 0 aromatic heterocycles. The Bertz CT molecular complexity index is 630. The van der Waals surface area contributed by atoms with E-state index in [0.717, 1.165) is 25.2 Å². The van der Waals surface area contributed by atoms with Crippen LogP contribution in [0.25, 0.3) is 0 Å². The van der Waals surface area contributed by atoms with Gasteiger partial charge < -0.3 is 9.64 Å². The second-order valence-corrected chi connectivity index (χ2v) is 8.18. The van der Waals surface area contributed by atoms with Crippen LogP contribution in [0.4, 0.5) is 4.79 Å². The van der Waals surface area contributed by atoms with Crippen LogP contribution in [-0.4, -0.2) is 47.7 Å². The number of benzene rings is 1. The lowest BCUT2D eigenvalue weighted by Gasteiger charge is -2.35. The molecule has 1 aliphatic heterocycles. The van der Waals surface area contributed by atoms with Gasteiger partial charge >= 0.3 is 6.09 Å². The third-order valence-corrected chi connectivity index (χ3v) is 4.39. The fourth-order valence-corrected chi connectivity index (χ4v) is 2.76. The van der Waals surface area contributed by atoms with Gasteiger partial charge in [0, 0.05) is 32.7 Å². The van der Waals surface area contributed by atoms with Crippen LogP contribution in [0.1, 0.15) is 45.7 Å². The molecule has 136 valence electrons. The number of carbonyl (C=O) groups excluding carboxylic acids is 1. The van der Waals surface area contributed by atoms with E-state index in [9.17, 15) is 10.1 Å². The molecule has 1 heterocycles.